The van der Waals surface area contributed by atoms with Gasteiger partial charge >= 0.3 is 0 Å². The molecular formula is C11H23NO. The van der Waals surface area contributed by atoms with E-state index in [9.17, 15) is 0 Å². The highest BCUT2D eigenvalue weighted by molar-refractivity contribution is 4.53. The Kier molecular flexibility index (Phi) is 6.21. The molecule has 1 saturated carbocycles. The molecule has 0 N–H and O–H groups in total. The third kappa shape index (κ3) is 6.05. The summed E-state index contributed by atoms with van der Waals surface area (Å²) in [6, 6.07) is 0. The molecule has 2 nitrogen and oxygen atoms in total. The lowest BCUT2D eigenvalue weighted by molar-refractivity contribution is 0.0503. The van der Waals surface area contributed by atoms with E-state index in [-0.39, 0.29) is 0 Å². The predicted octanol–water partition coefficient (Wildman–Crippen LogP) is 2.29. The molecule has 1 aliphatic heterocycles. The van der Waals surface area contributed by atoms with Crippen molar-refractivity contribution in [3.8, 4) is 0 Å². The third-order valence-corrected chi connectivity index (χ3v) is 2.73. The number of nitrogens with zero attached hydrogens (tertiary/aromatic N) is 1. The molecule has 1 heterocycles. The molecule has 0 atom stereocenters. The second-order valence-electron chi connectivity index (χ2n) is 4.04. The van der Waals surface area contributed by atoms with Crippen LogP contribution in [-0.4, -0.2) is 38.3 Å². The van der Waals surface area contributed by atoms with E-state index in [2.05, 4.69) is 11.9 Å². The Bertz CT molecular complexity index is 95.1. The summed E-state index contributed by atoms with van der Waals surface area (Å²) >= 11 is 0. The van der Waals surface area contributed by atoms with E-state index >= 15 is 0 Å². The molecule has 2 rings (SSSR count). The number of rotatable bonds is 0. The molecule has 0 unspecified atom stereocenters. The minimum Gasteiger partial charge on any atom is -0.379 e. The molecule has 0 aromatic rings. The van der Waals surface area contributed by atoms with E-state index in [1.54, 1.807) is 0 Å². The highest BCUT2D eigenvalue weighted by Crippen LogP contribution is 2.15. The fourth-order valence-electron chi connectivity index (χ4n) is 1.72. The summed E-state index contributed by atoms with van der Waals surface area (Å²) in [6.07, 6.45) is 9.00. The van der Waals surface area contributed by atoms with Gasteiger partial charge in [-0.25, -0.2) is 0 Å². The van der Waals surface area contributed by atoms with Crippen LogP contribution in [0.5, 0.6) is 0 Å². The SMILES string of the molecule is C1CCCCC1.CN1CCOCC1. The van der Waals surface area contributed by atoms with Crippen molar-refractivity contribution in [3.05, 3.63) is 0 Å². The molecule has 0 radical (unpaired) electrons. The molecule has 1 aliphatic carbocycles. The van der Waals surface area contributed by atoms with E-state index < -0.39 is 0 Å². The van der Waals surface area contributed by atoms with Crippen molar-refractivity contribution in [1.29, 1.82) is 0 Å². The maximum atomic E-state index is 5.10. The molecule has 2 fully saturated rings. The molecule has 2 heteroatoms. The molecule has 2 aliphatic rings. The number of ether oxygens (including phenoxy) is 1. The quantitative estimate of drug-likeness (QED) is 0.574. The van der Waals surface area contributed by atoms with Gasteiger partial charge in [-0.05, 0) is 7.05 Å². The van der Waals surface area contributed by atoms with Crippen molar-refractivity contribution < 1.29 is 4.74 Å². The van der Waals surface area contributed by atoms with Crippen molar-refractivity contribution in [3.63, 3.8) is 0 Å². The smallest absolute Gasteiger partial charge is 0.0594 e. The van der Waals surface area contributed by atoms with Crippen LogP contribution < -0.4 is 0 Å². The minimum atomic E-state index is 0.913. The van der Waals surface area contributed by atoms with Gasteiger partial charge in [0, 0.05) is 13.1 Å². The zero-order chi connectivity index (χ0) is 9.36. The third-order valence-electron chi connectivity index (χ3n) is 2.73. The average Bonchev–Trinajstić information content (AvgIpc) is 2.22. The van der Waals surface area contributed by atoms with E-state index in [0.29, 0.717) is 0 Å². The fraction of sp³-hybridized carbons (Fsp3) is 1.00. The van der Waals surface area contributed by atoms with Crippen molar-refractivity contribution in [2.75, 3.05) is 33.4 Å². The predicted molar refractivity (Wildman–Crippen MR) is 56.0 cm³/mol. The van der Waals surface area contributed by atoms with Gasteiger partial charge in [0.25, 0.3) is 0 Å². The van der Waals surface area contributed by atoms with Crippen molar-refractivity contribution >= 4 is 0 Å². The summed E-state index contributed by atoms with van der Waals surface area (Å²) in [5, 5.41) is 0. The first-order valence-electron chi connectivity index (χ1n) is 5.66. The molecule has 0 aromatic heterocycles. The van der Waals surface area contributed by atoms with Crippen LogP contribution in [-0.2, 0) is 4.74 Å². The Balaban J connectivity index is 0.000000132. The topological polar surface area (TPSA) is 12.5 Å². The maximum Gasteiger partial charge on any atom is 0.0594 e. The van der Waals surface area contributed by atoms with Crippen molar-refractivity contribution in [2.45, 2.75) is 38.5 Å². The van der Waals surface area contributed by atoms with E-state index in [4.69, 9.17) is 4.74 Å². The summed E-state index contributed by atoms with van der Waals surface area (Å²) < 4.78 is 5.10. The van der Waals surface area contributed by atoms with Gasteiger partial charge in [0.15, 0.2) is 0 Å². The fourth-order valence-corrected chi connectivity index (χ4v) is 1.72. The molecule has 78 valence electrons. The van der Waals surface area contributed by atoms with Gasteiger partial charge in [-0.1, -0.05) is 38.5 Å². The van der Waals surface area contributed by atoms with Crippen LogP contribution in [0.15, 0.2) is 0 Å². The van der Waals surface area contributed by atoms with E-state index in [1.165, 1.54) is 38.5 Å². The van der Waals surface area contributed by atoms with Gasteiger partial charge in [0.1, 0.15) is 0 Å². The molecule has 1 saturated heterocycles. The number of hydrogen-bond acceptors (Lipinski definition) is 2. The maximum absolute atomic E-state index is 5.10. The lowest BCUT2D eigenvalue weighted by Crippen LogP contribution is -2.32. The standard InChI is InChI=1S/C6H12.C5H11NO/c1-2-4-6-5-3-1;1-6-2-4-7-5-3-6/h1-6H2;2-5H2,1H3. The van der Waals surface area contributed by atoms with Crippen LogP contribution in [0.25, 0.3) is 0 Å². The molecular weight excluding hydrogens is 162 g/mol. The van der Waals surface area contributed by atoms with Crippen LogP contribution >= 0.6 is 0 Å². The summed E-state index contributed by atoms with van der Waals surface area (Å²) in [5.41, 5.74) is 0. The lowest BCUT2D eigenvalue weighted by Gasteiger charge is -2.21. The van der Waals surface area contributed by atoms with Gasteiger partial charge in [-0.2, -0.15) is 0 Å². The monoisotopic (exact) mass is 185 g/mol. The van der Waals surface area contributed by atoms with Gasteiger partial charge in [-0.15, -0.1) is 0 Å². The lowest BCUT2D eigenvalue weighted by atomic mass is 10.0. The zero-order valence-corrected chi connectivity index (χ0v) is 8.93. The first kappa shape index (κ1) is 11.0. The minimum absolute atomic E-state index is 0.913. The first-order chi connectivity index (χ1) is 6.39. The summed E-state index contributed by atoms with van der Waals surface area (Å²) in [7, 11) is 2.11. The van der Waals surface area contributed by atoms with Crippen LogP contribution in [0.2, 0.25) is 0 Å². The highest BCUT2D eigenvalue weighted by atomic mass is 16.5. The van der Waals surface area contributed by atoms with E-state index in [0.717, 1.165) is 26.3 Å². The van der Waals surface area contributed by atoms with Gasteiger partial charge in [0.05, 0.1) is 13.2 Å². The normalized spacial score (nSPS) is 24.7. The van der Waals surface area contributed by atoms with E-state index in [1.807, 2.05) is 0 Å². The highest BCUT2D eigenvalue weighted by Gasteiger charge is 2.02. The second-order valence-corrected chi connectivity index (χ2v) is 4.04. The molecule has 0 aromatic carbocycles. The first-order valence-corrected chi connectivity index (χ1v) is 5.66. The van der Waals surface area contributed by atoms with Gasteiger partial charge in [-0.3, -0.25) is 0 Å². The van der Waals surface area contributed by atoms with Crippen LogP contribution in [0.3, 0.4) is 0 Å². The van der Waals surface area contributed by atoms with Gasteiger partial charge in [0.2, 0.25) is 0 Å². The summed E-state index contributed by atoms with van der Waals surface area (Å²) in [6.45, 7) is 4.02. The Morgan fingerprint density at radius 3 is 1.38 bits per heavy atom. The molecule has 0 bridgehead atoms. The number of likely N-dealkylation sites (N-methyl/N-ethyl adjacent to an activating group) is 1. The molecule has 13 heavy (non-hydrogen) atoms. The molecule has 0 spiro atoms. The Hall–Kier alpha value is -0.0800. The zero-order valence-electron chi connectivity index (χ0n) is 8.93. The van der Waals surface area contributed by atoms with Gasteiger partial charge < -0.3 is 9.64 Å². The van der Waals surface area contributed by atoms with Crippen LogP contribution in [0, 0.1) is 0 Å². The van der Waals surface area contributed by atoms with Crippen molar-refractivity contribution in [1.82, 2.24) is 4.90 Å². The van der Waals surface area contributed by atoms with Crippen LogP contribution in [0.4, 0.5) is 0 Å². The summed E-state index contributed by atoms with van der Waals surface area (Å²) in [4.78, 5) is 2.27. The number of hydrogen-bond donors (Lipinski definition) is 0. The Labute approximate surface area is 82.3 Å². The largest absolute Gasteiger partial charge is 0.379 e. The second kappa shape index (κ2) is 7.34. The summed E-state index contributed by atoms with van der Waals surface area (Å²) in [5.74, 6) is 0. The Morgan fingerprint density at radius 1 is 0.769 bits per heavy atom. The average molecular weight is 185 g/mol. The van der Waals surface area contributed by atoms with Crippen LogP contribution in [0.1, 0.15) is 38.5 Å². The Morgan fingerprint density at radius 2 is 1.15 bits per heavy atom. The molecule has 0 amide bonds. The number of morpholine rings is 1. The van der Waals surface area contributed by atoms with Crippen molar-refractivity contribution in [2.24, 2.45) is 0 Å².